The minimum Gasteiger partial charge on any atom is -0.497 e. The van der Waals surface area contributed by atoms with E-state index in [0.29, 0.717) is 6.04 Å². The highest BCUT2D eigenvalue weighted by molar-refractivity contribution is 5.54. The third-order valence-electron chi connectivity index (χ3n) is 2.56. The highest BCUT2D eigenvalue weighted by atomic mass is 16.5. The van der Waals surface area contributed by atoms with Gasteiger partial charge in [-0.1, -0.05) is 13.3 Å². The van der Waals surface area contributed by atoms with Crippen LogP contribution in [0, 0.1) is 6.92 Å². The Balaban J connectivity index is 2.69. The van der Waals surface area contributed by atoms with Crippen molar-refractivity contribution in [1.82, 2.24) is 0 Å². The molecule has 0 saturated carbocycles. The molecule has 0 fully saturated rings. The lowest BCUT2D eigenvalue weighted by molar-refractivity contribution is 0.414. The average molecular weight is 207 g/mol. The molecule has 0 saturated heterocycles. The average Bonchev–Trinajstić information content (AvgIpc) is 2.21. The van der Waals surface area contributed by atoms with Gasteiger partial charge in [-0.2, -0.15) is 0 Å². The predicted octanol–water partition coefficient (Wildman–Crippen LogP) is 3.60. The molecule has 84 valence electrons. The van der Waals surface area contributed by atoms with E-state index in [-0.39, 0.29) is 0 Å². The fourth-order valence-corrected chi connectivity index (χ4v) is 1.70. The van der Waals surface area contributed by atoms with Crippen LogP contribution in [0.2, 0.25) is 0 Å². The monoisotopic (exact) mass is 207 g/mol. The Bertz CT molecular complexity index is 309. The summed E-state index contributed by atoms with van der Waals surface area (Å²) in [6, 6.07) is 6.66. The fraction of sp³-hybridized carbons (Fsp3) is 0.538. The molecule has 1 N–H and O–H groups in total. The Morgan fingerprint density at radius 1 is 1.40 bits per heavy atom. The van der Waals surface area contributed by atoms with Gasteiger partial charge in [-0.3, -0.25) is 0 Å². The molecule has 0 spiro atoms. The minimum atomic E-state index is 0.530. The lowest BCUT2D eigenvalue weighted by Gasteiger charge is -2.16. The van der Waals surface area contributed by atoms with Crippen molar-refractivity contribution in [3.8, 4) is 5.75 Å². The number of aryl methyl sites for hydroxylation is 1. The molecule has 1 aromatic rings. The lowest BCUT2D eigenvalue weighted by atomic mass is 10.1. The second-order valence-corrected chi connectivity index (χ2v) is 4.01. The molecule has 0 radical (unpaired) electrons. The molecule has 0 heterocycles. The molecular formula is C13H21NO. The van der Waals surface area contributed by atoms with Crippen molar-refractivity contribution in [2.24, 2.45) is 0 Å². The Kier molecular flexibility index (Phi) is 4.47. The maximum atomic E-state index is 5.17. The zero-order valence-electron chi connectivity index (χ0n) is 10.1. The maximum Gasteiger partial charge on any atom is 0.119 e. The van der Waals surface area contributed by atoms with Gasteiger partial charge in [0, 0.05) is 11.7 Å². The van der Waals surface area contributed by atoms with Crippen molar-refractivity contribution < 1.29 is 4.74 Å². The minimum absolute atomic E-state index is 0.530. The zero-order chi connectivity index (χ0) is 11.3. The van der Waals surface area contributed by atoms with Crippen LogP contribution in [0.3, 0.4) is 0 Å². The molecular weight excluding hydrogens is 186 g/mol. The van der Waals surface area contributed by atoms with Crippen LogP contribution in [0.1, 0.15) is 32.3 Å². The summed E-state index contributed by atoms with van der Waals surface area (Å²) in [6.07, 6.45) is 2.41. The van der Waals surface area contributed by atoms with Gasteiger partial charge in [0.2, 0.25) is 0 Å². The summed E-state index contributed by atoms with van der Waals surface area (Å²) in [4.78, 5) is 0. The van der Waals surface area contributed by atoms with Crippen molar-refractivity contribution in [3.63, 3.8) is 0 Å². The van der Waals surface area contributed by atoms with Crippen LogP contribution in [-0.4, -0.2) is 13.2 Å². The van der Waals surface area contributed by atoms with Gasteiger partial charge < -0.3 is 10.1 Å². The fourth-order valence-electron chi connectivity index (χ4n) is 1.70. The number of anilines is 1. The lowest BCUT2D eigenvalue weighted by Crippen LogP contribution is -2.15. The Hall–Kier alpha value is -1.18. The first kappa shape index (κ1) is 11.9. The third-order valence-corrected chi connectivity index (χ3v) is 2.56. The van der Waals surface area contributed by atoms with Crippen molar-refractivity contribution >= 4 is 5.69 Å². The van der Waals surface area contributed by atoms with E-state index in [0.717, 1.165) is 5.75 Å². The first-order valence-electron chi connectivity index (χ1n) is 5.58. The smallest absolute Gasteiger partial charge is 0.119 e. The van der Waals surface area contributed by atoms with Gasteiger partial charge in [-0.15, -0.1) is 0 Å². The summed E-state index contributed by atoms with van der Waals surface area (Å²) in [5.74, 6) is 0.918. The zero-order valence-corrected chi connectivity index (χ0v) is 10.1. The summed E-state index contributed by atoms with van der Waals surface area (Å²) < 4.78 is 5.17. The van der Waals surface area contributed by atoms with E-state index < -0.39 is 0 Å². The van der Waals surface area contributed by atoms with E-state index in [1.165, 1.54) is 24.1 Å². The topological polar surface area (TPSA) is 21.3 Å². The molecule has 15 heavy (non-hydrogen) atoms. The summed E-state index contributed by atoms with van der Waals surface area (Å²) in [5.41, 5.74) is 2.44. The summed E-state index contributed by atoms with van der Waals surface area (Å²) in [6.45, 7) is 6.52. The first-order valence-corrected chi connectivity index (χ1v) is 5.58. The van der Waals surface area contributed by atoms with Crippen LogP contribution in [0.5, 0.6) is 5.75 Å². The van der Waals surface area contributed by atoms with Crippen LogP contribution < -0.4 is 10.1 Å². The molecule has 1 atom stereocenters. The molecule has 1 aromatic carbocycles. The number of methoxy groups -OCH3 is 1. The second-order valence-electron chi connectivity index (χ2n) is 4.01. The van der Waals surface area contributed by atoms with E-state index in [2.05, 4.69) is 38.2 Å². The van der Waals surface area contributed by atoms with Crippen molar-refractivity contribution in [1.29, 1.82) is 0 Å². The molecule has 0 aromatic heterocycles. The SMILES string of the molecule is CCC[C@H](C)Nc1ccc(OC)cc1C. The van der Waals surface area contributed by atoms with Crippen molar-refractivity contribution in [2.45, 2.75) is 39.7 Å². The molecule has 0 aliphatic carbocycles. The van der Waals surface area contributed by atoms with E-state index >= 15 is 0 Å². The second kappa shape index (κ2) is 5.64. The molecule has 0 bridgehead atoms. The molecule has 0 unspecified atom stereocenters. The number of ether oxygens (including phenoxy) is 1. The number of hydrogen-bond donors (Lipinski definition) is 1. The quantitative estimate of drug-likeness (QED) is 0.796. The summed E-state index contributed by atoms with van der Waals surface area (Å²) in [7, 11) is 1.70. The normalized spacial score (nSPS) is 12.3. The number of hydrogen-bond acceptors (Lipinski definition) is 2. The van der Waals surface area contributed by atoms with Crippen LogP contribution in [0.15, 0.2) is 18.2 Å². The van der Waals surface area contributed by atoms with Gasteiger partial charge in [0.1, 0.15) is 5.75 Å². The van der Waals surface area contributed by atoms with Crippen LogP contribution in [0.25, 0.3) is 0 Å². The third kappa shape index (κ3) is 3.46. The van der Waals surface area contributed by atoms with Gasteiger partial charge >= 0.3 is 0 Å². The number of benzene rings is 1. The molecule has 0 amide bonds. The van der Waals surface area contributed by atoms with Gasteiger partial charge in [-0.05, 0) is 44.0 Å². The summed E-state index contributed by atoms with van der Waals surface area (Å²) in [5, 5.41) is 3.51. The van der Waals surface area contributed by atoms with Gasteiger partial charge in [-0.25, -0.2) is 0 Å². The largest absolute Gasteiger partial charge is 0.497 e. The maximum absolute atomic E-state index is 5.17. The van der Waals surface area contributed by atoms with E-state index in [1.807, 2.05) is 6.07 Å². The predicted molar refractivity (Wildman–Crippen MR) is 65.7 cm³/mol. The Labute approximate surface area is 92.6 Å². The van der Waals surface area contributed by atoms with Crippen LogP contribution >= 0.6 is 0 Å². The van der Waals surface area contributed by atoms with E-state index in [1.54, 1.807) is 7.11 Å². The van der Waals surface area contributed by atoms with Gasteiger partial charge in [0.25, 0.3) is 0 Å². The molecule has 2 heteroatoms. The van der Waals surface area contributed by atoms with E-state index in [9.17, 15) is 0 Å². The van der Waals surface area contributed by atoms with Crippen molar-refractivity contribution in [3.05, 3.63) is 23.8 Å². The number of rotatable bonds is 5. The van der Waals surface area contributed by atoms with Gasteiger partial charge in [0.05, 0.1) is 7.11 Å². The summed E-state index contributed by atoms with van der Waals surface area (Å²) >= 11 is 0. The standard InChI is InChI=1S/C13H21NO/c1-5-6-11(3)14-13-8-7-12(15-4)9-10(13)2/h7-9,11,14H,5-6H2,1-4H3/t11-/m0/s1. The van der Waals surface area contributed by atoms with Crippen molar-refractivity contribution in [2.75, 3.05) is 12.4 Å². The van der Waals surface area contributed by atoms with Gasteiger partial charge in [0.15, 0.2) is 0 Å². The first-order chi connectivity index (χ1) is 7.17. The number of nitrogens with one attached hydrogen (secondary N) is 1. The highest BCUT2D eigenvalue weighted by Gasteiger charge is 2.03. The highest BCUT2D eigenvalue weighted by Crippen LogP contribution is 2.22. The van der Waals surface area contributed by atoms with Crippen LogP contribution in [-0.2, 0) is 0 Å². The molecule has 2 nitrogen and oxygen atoms in total. The Morgan fingerprint density at radius 2 is 2.13 bits per heavy atom. The molecule has 1 rings (SSSR count). The molecule has 0 aliphatic heterocycles. The Morgan fingerprint density at radius 3 is 2.67 bits per heavy atom. The van der Waals surface area contributed by atoms with Crippen LogP contribution in [0.4, 0.5) is 5.69 Å². The van der Waals surface area contributed by atoms with E-state index in [4.69, 9.17) is 4.74 Å². The molecule has 0 aliphatic rings.